The van der Waals surface area contributed by atoms with Crippen molar-refractivity contribution in [2.24, 2.45) is 11.8 Å². The molecule has 104 valence electrons. The molecule has 0 aliphatic heterocycles. The standard InChI is InChI=1S/C16H35N/c1-6-10-11-15(9-4)13-16(14(5)8-3)17-12-7-2/h14-17H,6-13H2,1-5H3. The first-order valence-corrected chi connectivity index (χ1v) is 7.92. The number of hydrogen-bond acceptors (Lipinski definition) is 1. The summed E-state index contributed by atoms with van der Waals surface area (Å²) < 4.78 is 0. The molecule has 0 aliphatic carbocycles. The number of unbranched alkanes of at least 4 members (excludes halogenated alkanes) is 1. The van der Waals surface area contributed by atoms with E-state index in [0.717, 1.165) is 17.9 Å². The summed E-state index contributed by atoms with van der Waals surface area (Å²) in [5, 5.41) is 3.76. The molecular weight excluding hydrogens is 206 g/mol. The third kappa shape index (κ3) is 7.81. The molecule has 0 spiro atoms. The molecule has 0 saturated carbocycles. The van der Waals surface area contributed by atoms with Gasteiger partial charge in [0, 0.05) is 6.04 Å². The molecule has 0 aromatic heterocycles. The summed E-state index contributed by atoms with van der Waals surface area (Å²) in [5.41, 5.74) is 0. The van der Waals surface area contributed by atoms with Crippen LogP contribution in [0.25, 0.3) is 0 Å². The topological polar surface area (TPSA) is 12.0 Å². The summed E-state index contributed by atoms with van der Waals surface area (Å²) in [4.78, 5) is 0. The van der Waals surface area contributed by atoms with Gasteiger partial charge in [-0.05, 0) is 31.2 Å². The molecule has 0 saturated heterocycles. The van der Waals surface area contributed by atoms with Crippen molar-refractivity contribution in [1.82, 2.24) is 5.32 Å². The van der Waals surface area contributed by atoms with E-state index < -0.39 is 0 Å². The van der Waals surface area contributed by atoms with E-state index in [1.807, 2.05) is 0 Å². The Morgan fingerprint density at radius 2 is 1.65 bits per heavy atom. The van der Waals surface area contributed by atoms with E-state index in [2.05, 4.69) is 39.9 Å². The van der Waals surface area contributed by atoms with Crippen LogP contribution in [0.1, 0.15) is 79.6 Å². The number of nitrogens with one attached hydrogen (secondary N) is 1. The molecule has 1 N–H and O–H groups in total. The number of hydrogen-bond donors (Lipinski definition) is 1. The first-order chi connectivity index (χ1) is 8.19. The average molecular weight is 241 g/mol. The van der Waals surface area contributed by atoms with E-state index in [1.54, 1.807) is 0 Å². The van der Waals surface area contributed by atoms with Crippen LogP contribution < -0.4 is 5.32 Å². The maximum atomic E-state index is 3.76. The lowest BCUT2D eigenvalue weighted by molar-refractivity contribution is 0.282. The minimum Gasteiger partial charge on any atom is -0.314 e. The second-order valence-corrected chi connectivity index (χ2v) is 5.60. The van der Waals surface area contributed by atoms with Crippen LogP contribution in [0.5, 0.6) is 0 Å². The number of rotatable bonds is 11. The van der Waals surface area contributed by atoms with Gasteiger partial charge in [-0.15, -0.1) is 0 Å². The molecule has 3 unspecified atom stereocenters. The highest BCUT2D eigenvalue weighted by Crippen LogP contribution is 2.23. The van der Waals surface area contributed by atoms with Crippen molar-refractivity contribution in [1.29, 1.82) is 0 Å². The third-order valence-corrected chi connectivity index (χ3v) is 4.12. The minimum atomic E-state index is 0.738. The van der Waals surface area contributed by atoms with Crippen LogP contribution >= 0.6 is 0 Å². The molecule has 0 amide bonds. The van der Waals surface area contributed by atoms with Crippen molar-refractivity contribution in [3.05, 3.63) is 0 Å². The molecule has 17 heavy (non-hydrogen) atoms. The van der Waals surface area contributed by atoms with Gasteiger partial charge in [-0.3, -0.25) is 0 Å². The normalized spacial score (nSPS) is 16.8. The summed E-state index contributed by atoms with van der Waals surface area (Å²) >= 11 is 0. The van der Waals surface area contributed by atoms with Gasteiger partial charge in [-0.25, -0.2) is 0 Å². The van der Waals surface area contributed by atoms with Gasteiger partial charge in [-0.2, -0.15) is 0 Å². The van der Waals surface area contributed by atoms with Gasteiger partial charge < -0.3 is 5.32 Å². The Hall–Kier alpha value is -0.0400. The van der Waals surface area contributed by atoms with Crippen molar-refractivity contribution >= 4 is 0 Å². The minimum absolute atomic E-state index is 0.738. The SMILES string of the molecule is CCCCC(CC)CC(NCCC)C(C)CC. The van der Waals surface area contributed by atoms with E-state index in [9.17, 15) is 0 Å². The monoisotopic (exact) mass is 241 g/mol. The Bertz CT molecular complexity index is 156. The zero-order chi connectivity index (χ0) is 13.1. The molecule has 0 aromatic carbocycles. The third-order valence-electron chi connectivity index (χ3n) is 4.12. The predicted molar refractivity (Wildman–Crippen MR) is 79.5 cm³/mol. The van der Waals surface area contributed by atoms with Crippen LogP contribution in [0.15, 0.2) is 0 Å². The van der Waals surface area contributed by atoms with E-state index in [0.29, 0.717) is 0 Å². The van der Waals surface area contributed by atoms with Gasteiger partial charge in [0.25, 0.3) is 0 Å². The predicted octanol–water partition coefficient (Wildman–Crippen LogP) is 5.01. The Morgan fingerprint density at radius 1 is 0.941 bits per heavy atom. The van der Waals surface area contributed by atoms with Crippen LogP contribution in [0.4, 0.5) is 0 Å². The van der Waals surface area contributed by atoms with E-state index in [4.69, 9.17) is 0 Å². The van der Waals surface area contributed by atoms with Crippen molar-refractivity contribution in [2.75, 3.05) is 6.54 Å². The first kappa shape index (κ1) is 17.0. The summed E-state index contributed by atoms with van der Waals surface area (Å²) in [6.45, 7) is 12.8. The van der Waals surface area contributed by atoms with Crippen LogP contribution in [-0.2, 0) is 0 Å². The quantitative estimate of drug-likeness (QED) is 0.536. The lowest BCUT2D eigenvalue weighted by atomic mass is 9.86. The molecular formula is C16H35N. The molecule has 3 atom stereocenters. The van der Waals surface area contributed by atoms with Crippen LogP contribution in [0.2, 0.25) is 0 Å². The second-order valence-electron chi connectivity index (χ2n) is 5.60. The Labute approximate surface area is 110 Å². The van der Waals surface area contributed by atoms with Crippen molar-refractivity contribution in [3.63, 3.8) is 0 Å². The fourth-order valence-corrected chi connectivity index (χ4v) is 2.47. The molecule has 0 aliphatic rings. The zero-order valence-electron chi connectivity index (χ0n) is 12.9. The summed E-state index contributed by atoms with van der Waals surface area (Å²) in [6, 6.07) is 0.738. The Morgan fingerprint density at radius 3 is 2.12 bits per heavy atom. The average Bonchev–Trinajstić information content (AvgIpc) is 2.37. The summed E-state index contributed by atoms with van der Waals surface area (Å²) in [5.74, 6) is 1.75. The zero-order valence-corrected chi connectivity index (χ0v) is 12.9. The molecule has 0 heterocycles. The van der Waals surface area contributed by atoms with E-state index in [1.165, 1.54) is 51.5 Å². The van der Waals surface area contributed by atoms with Crippen molar-refractivity contribution < 1.29 is 0 Å². The highest BCUT2D eigenvalue weighted by molar-refractivity contribution is 4.76. The molecule has 0 rings (SSSR count). The van der Waals surface area contributed by atoms with Gasteiger partial charge in [0.05, 0.1) is 0 Å². The van der Waals surface area contributed by atoms with Crippen molar-refractivity contribution in [2.45, 2.75) is 85.6 Å². The highest BCUT2D eigenvalue weighted by atomic mass is 14.9. The molecule has 0 fully saturated rings. The smallest absolute Gasteiger partial charge is 0.00952 e. The van der Waals surface area contributed by atoms with Gasteiger partial charge in [-0.1, -0.05) is 66.7 Å². The van der Waals surface area contributed by atoms with Gasteiger partial charge in [0.1, 0.15) is 0 Å². The van der Waals surface area contributed by atoms with E-state index in [-0.39, 0.29) is 0 Å². The maximum absolute atomic E-state index is 3.76. The fraction of sp³-hybridized carbons (Fsp3) is 1.00. The van der Waals surface area contributed by atoms with Crippen LogP contribution in [0.3, 0.4) is 0 Å². The molecule has 0 radical (unpaired) electrons. The van der Waals surface area contributed by atoms with Gasteiger partial charge >= 0.3 is 0 Å². The molecule has 1 heteroatoms. The lowest BCUT2D eigenvalue weighted by Crippen LogP contribution is -2.37. The second kappa shape index (κ2) is 11.1. The van der Waals surface area contributed by atoms with Gasteiger partial charge in [0.2, 0.25) is 0 Å². The Balaban J connectivity index is 4.16. The first-order valence-electron chi connectivity index (χ1n) is 7.92. The molecule has 1 nitrogen and oxygen atoms in total. The lowest BCUT2D eigenvalue weighted by Gasteiger charge is -2.28. The molecule has 0 bridgehead atoms. The van der Waals surface area contributed by atoms with Crippen LogP contribution in [0, 0.1) is 11.8 Å². The summed E-state index contributed by atoms with van der Waals surface area (Å²) in [6.07, 6.45) is 9.44. The summed E-state index contributed by atoms with van der Waals surface area (Å²) in [7, 11) is 0. The maximum Gasteiger partial charge on any atom is 0.00952 e. The van der Waals surface area contributed by atoms with Gasteiger partial charge in [0.15, 0.2) is 0 Å². The fourth-order valence-electron chi connectivity index (χ4n) is 2.47. The molecule has 0 aromatic rings. The Kier molecular flexibility index (Phi) is 11.0. The van der Waals surface area contributed by atoms with Crippen LogP contribution in [-0.4, -0.2) is 12.6 Å². The van der Waals surface area contributed by atoms with E-state index >= 15 is 0 Å². The van der Waals surface area contributed by atoms with Crippen molar-refractivity contribution in [3.8, 4) is 0 Å². The highest BCUT2D eigenvalue weighted by Gasteiger charge is 2.19. The largest absolute Gasteiger partial charge is 0.314 e.